The molecule has 174 valence electrons. The molecule has 1 fully saturated rings. The molecule has 1 aliphatic rings. The Morgan fingerprint density at radius 3 is 2.45 bits per heavy atom. The van der Waals surface area contributed by atoms with Gasteiger partial charge in [-0.15, -0.1) is 5.10 Å². The van der Waals surface area contributed by atoms with Crippen molar-refractivity contribution in [3.63, 3.8) is 0 Å². The number of halogens is 4. The predicted octanol–water partition coefficient (Wildman–Crippen LogP) is 4.91. The molecule has 1 unspecified atom stereocenters. The van der Waals surface area contributed by atoms with Gasteiger partial charge in [-0.1, -0.05) is 24.3 Å². The predicted molar refractivity (Wildman–Crippen MR) is 114 cm³/mol. The van der Waals surface area contributed by atoms with Crippen LogP contribution in [-0.2, 0) is 12.7 Å². The minimum Gasteiger partial charge on any atom is -0.321 e. The lowest BCUT2D eigenvalue weighted by molar-refractivity contribution is -0.143. The Morgan fingerprint density at radius 1 is 1.12 bits per heavy atom. The highest BCUT2D eigenvalue weighted by Gasteiger charge is 2.42. The smallest absolute Gasteiger partial charge is 0.321 e. The molecule has 2 aromatic carbocycles. The molecule has 33 heavy (non-hydrogen) atoms. The lowest BCUT2D eigenvalue weighted by atomic mass is 10.00. The van der Waals surface area contributed by atoms with Crippen LogP contribution in [0.3, 0.4) is 0 Å². The summed E-state index contributed by atoms with van der Waals surface area (Å²) in [6.45, 7) is 5.07. The summed E-state index contributed by atoms with van der Waals surface area (Å²) in [5, 5.41) is 9.40. The SMILES string of the molecule is CC1CCCN(Cc2ccc(NC(=O)c3nnn(-c4ccc(F)cc4)c3C(F)(F)F)cc2)C1. The summed E-state index contributed by atoms with van der Waals surface area (Å²) in [4.78, 5) is 15.0. The number of rotatable bonds is 5. The second-order valence-electron chi connectivity index (χ2n) is 8.31. The number of nitrogens with one attached hydrogen (secondary N) is 1. The summed E-state index contributed by atoms with van der Waals surface area (Å²) < 4.78 is 54.9. The molecule has 2 heterocycles. The Balaban J connectivity index is 1.51. The van der Waals surface area contributed by atoms with Crippen LogP contribution in [0.4, 0.5) is 23.2 Å². The number of alkyl halides is 3. The van der Waals surface area contributed by atoms with Crippen LogP contribution in [-0.4, -0.2) is 38.9 Å². The van der Waals surface area contributed by atoms with Gasteiger partial charge in [-0.05, 0) is 67.3 Å². The number of anilines is 1. The molecular formula is C23H23F4N5O. The molecule has 6 nitrogen and oxygen atoms in total. The van der Waals surface area contributed by atoms with E-state index in [4.69, 9.17) is 0 Å². The highest BCUT2D eigenvalue weighted by atomic mass is 19.4. The fraction of sp³-hybridized carbons (Fsp3) is 0.348. The summed E-state index contributed by atoms with van der Waals surface area (Å²) in [7, 11) is 0. The Kier molecular flexibility index (Phi) is 6.46. The van der Waals surface area contributed by atoms with Crippen LogP contribution in [0.2, 0.25) is 0 Å². The van der Waals surface area contributed by atoms with Crippen LogP contribution in [0.15, 0.2) is 48.5 Å². The molecule has 4 rings (SSSR count). The molecule has 0 spiro atoms. The van der Waals surface area contributed by atoms with Gasteiger partial charge in [0.2, 0.25) is 0 Å². The third kappa shape index (κ3) is 5.39. The van der Waals surface area contributed by atoms with Crippen molar-refractivity contribution >= 4 is 11.6 Å². The lowest BCUT2D eigenvalue weighted by Gasteiger charge is -2.30. The van der Waals surface area contributed by atoms with Gasteiger partial charge in [-0.3, -0.25) is 9.69 Å². The first-order chi connectivity index (χ1) is 15.7. The van der Waals surface area contributed by atoms with Crippen molar-refractivity contribution < 1.29 is 22.4 Å². The van der Waals surface area contributed by atoms with Gasteiger partial charge in [0.1, 0.15) is 5.82 Å². The van der Waals surface area contributed by atoms with Gasteiger partial charge in [0.15, 0.2) is 11.4 Å². The van der Waals surface area contributed by atoms with E-state index in [-0.39, 0.29) is 5.69 Å². The molecule has 0 radical (unpaired) electrons. The van der Waals surface area contributed by atoms with Crippen molar-refractivity contribution in [2.24, 2.45) is 5.92 Å². The minimum atomic E-state index is -4.90. The maximum Gasteiger partial charge on any atom is 0.435 e. The van der Waals surface area contributed by atoms with Crippen LogP contribution in [0.1, 0.15) is 41.5 Å². The topological polar surface area (TPSA) is 63.1 Å². The van der Waals surface area contributed by atoms with Crippen molar-refractivity contribution in [1.82, 2.24) is 19.9 Å². The number of likely N-dealkylation sites (tertiary alicyclic amines) is 1. The molecule has 1 saturated heterocycles. The fourth-order valence-electron chi connectivity index (χ4n) is 4.02. The fourth-order valence-corrected chi connectivity index (χ4v) is 4.02. The van der Waals surface area contributed by atoms with E-state index in [0.717, 1.165) is 55.9 Å². The summed E-state index contributed by atoms with van der Waals surface area (Å²) in [5.74, 6) is -0.986. The molecule has 3 aromatic rings. The number of piperidine rings is 1. The molecule has 1 amide bonds. The summed E-state index contributed by atoms with van der Waals surface area (Å²) in [6, 6.07) is 11.2. The number of nitrogens with zero attached hydrogens (tertiary/aromatic N) is 4. The van der Waals surface area contributed by atoms with Gasteiger partial charge < -0.3 is 5.32 Å². The highest BCUT2D eigenvalue weighted by Crippen LogP contribution is 2.33. The van der Waals surface area contributed by atoms with E-state index in [0.29, 0.717) is 16.3 Å². The summed E-state index contributed by atoms with van der Waals surface area (Å²) in [5.41, 5.74) is -0.854. The second kappa shape index (κ2) is 9.30. The number of hydrogen-bond acceptors (Lipinski definition) is 4. The van der Waals surface area contributed by atoms with Crippen LogP contribution >= 0.6 is 0 Å². The zero-order chi connectivity index (χ0) is 23.6. The van der Waals surface area contributed by atoms with Crippen LogP contribution in [0.5, 0.6) is 0 Å². The normalized spacial score (nSPS) is 17.2. The average Bonchev–Trinajstić information content (AvgIpc) is 3.22. The number of hydrogen-bond donors (Lipinski definition) is 1. The monoisotopic (exact) mass is 461 g/mol. The first-order valence-corrected chi connectivity index (χ1v) is 10.6. The largest absolute Gasteiger partial charge is 0.435 e. The molecule has 0 aliphatic carbocycles. The first-order valence-electron chi connectivity index (χ1n) is 10.6. The van der Waals surface area contributed by atoms with E-state index in [9.17, 15) is 22.4 Å². The number of carbonyl (C=O) groups excluding carboxylic acids is 1. The van der Waals surface area contributed by atoms with Gasteiger partial charge in [-0.2, -0.15) is 13.2 Å². The van der Waals surface area contributed by atoms with E-state index < -0.39 is 29.3 Å². The molecule has 1 N–H and O–H groups in total. The maximum absolute atomic E-state index is 13.7. The van der Waals surface area contributed by atoms with Gasteiger partial charge in [-0.25, -0.2) is 9.07 Å². The Bertz CT molecular complexity index is 1110. The maximum atomic E-state index is 13.7. The van der Waals surface area contributed by atoms with Crippen LogP contribution in [0, 0.1) is 11.7 Å². The van der Waals surface area contributed by atoms with Crippen molar-refractivity contribution in [2.75, 3.05) is 18.4 Å². The first kappa shape index (κ1) is 22.9. The Morgan fingerprint density at radius 2 is 1.82 bits per heavy atom. The van der Waals surface area contributed by atoms with E-state index in [2.05, 4.69) is 27.5 Å². The van der Waals surface area contributed by atoms with E-state index >= 15 is 0 Å². The lowest BCUT2D eigenvalue weighted by Crippen LogP contribution is -2.33. The molecule has 1 aromatic heterocycles. The van der Waals surface area contributed by atoms with Crippen LogP contribution < -0.4 is 5.32 Å². The number of carbonyl (C=O) groups is 1. The Hall–Kier alpha value is -3.27. The summed E-state index contributed by atoms with van der Waals surface area (Å²) >= 11 is 0. The third-order valence-corrected chi connectivity index (χ3v) is 5.58. The minimum absolute atomic E-state index is 0.0633. The number of aromatic nitrogens is 3. The highest BCUT2D eigenvalue weighted by molar-refractivity contribution is 6.03. The number of benzene rings is 2. The van der Waals surface area contributed by atoms with Gasteiger partial charge in [0.25, 0.3) is 5.91 Å². The molecule has 0 bridgehead atoms. The zero-order valence-electron chi connectivity index (χ0n) is 17.9. The number of amides is 1. The van der Waals surface area contributed by atoms with E-state index in [1.165, 1.54) is 6.42 Å². The van der Waals surface area contributed by atoms with Crippen LogP contribution in [0.25, 0.3) is 5.69 Å². The van der Waals surface area contributed by atoms with Crippen molar-refractivity contribution in [3.8, 4) is 5.69 Å². The van der Waals surface area contributed by atoms with E-state index in [1.807, 2.05) is 12.1 Å². The van der Waals surface area contributed by atoms with E-state index in [1.54, 1.807) is 12.1 Å². The average molecular weight is 461 g/mol. The molecule has 1 aliphatic heterocycles. The molecule has 1 atom stereocenters. The molecule has 10 heteroatoms. The molecule has 0 saturated carbocycles. The zero-order valence-corrected chi connectivity index (χ0v) is 17.9. The van der Waals surface area contributed by atoms with Crippen molar-refractivity contribution in [3.05, 3.63) is 71.3 Å². The third-order valence-electron chi connectivity index (χ3n) is 5.58. The molecular weight excluding hydrogens is 438 g/mol. The summed E-state index contributed by atoms with van der Waals surface area (Å²) in [6.07, 6.45) is -2.51. The van der Waals surface area contributed by atoms with Gasteiger partial charge >= 0.3 is 6.18 Å². The van der Waals surface area contributed by atoms with Crippen molar-refractivity contribution in [1.29, 1.82) is 0 Å². The standard InChI is InChI=1S/C23H23F4N5O/c1-15-3-2-12-31(13-15)14-16-4-8-18(9-5-16)28-22(33)20-21(23(25,26)27)32(30-29-20)19-10-6-17(24)7-11-19/h4-11,15H,2-3,12-14H2,1H3,(H,28,33). The quantitative estimate of drug-likeness (QED) is 0.549. The van der Waals surface area contributed by atoms with Crippen molar-refractivity contribution in [2.45, 2.75) is 32.5 Å². The second-order valence-corrected chi connectivity index (χ2v) is 8.31. The Labute approximate surface area is 188 Å². The van der Waals surface area contributed by atoms with Gasteiger partial charge in [0.05, 0.1) is 5.69 Å². The van der Waals surface area contributed by atoms with Gasteiger partial charge in [0, 0.05) is 18.8 Å².